The van der Waals surface area contributed by atoms with Crippen molar-refractivity contribution in [3.63, 3.8) is 0 Å². The predicted octanol–water partition coefficient (Wildman–Crippen LogP) is 11.3. The van der Waals surface area contributed by atoms with Gasteiger partial charge in [0.25, 0.3) is 33.6 Å². The van der Waals surface area contributed by atoms with Crippen LogP contribution < -0.4 is 138 Å². The molecule has 0 aromatic heterocycles. The molecule has 7 aliphatic rings. The minimum Gasteiger partial charge on any atom is -0.459 e. The van der Waals surface area contributed by atoms with E-state index in [9.17, 15) is 0 Å². The molecule has 0 bridgehead atoms. The molecular weight excluding hydrogens is 1490 g/mol. The van der Waals surface area contributed by atoms with Gasteiger partial charge in [0.2, 0.25) is 13.4 Å². The number of ether oxygens (including phenoxy) is 5. The van der Waals surface area contributed by atoms with Crippen LogP contribution in [-0.2, 0) is 0 Å². The molecule has 7 aliphatic heterocycles. The van der Waals surface area contributed by atoms with Crippen molar-refractivity contribution in [3.05, 3.63) is 380 Å². The summed E-state index contributed by atoms with van der Waals surface area (Å²) in [6.45, 7) is 8.22. The lowest BCUT2D eigenvalue weighted by Gasteiger charge is -2.39. The second-order valence-corrected chi connectivity index (χ2v) is 35.1. The molecule has 24 rings (SSSR count). The molecule has 0 radical (unpaired) electrons. The Morgan fingerprint density at radius 3 is 1.09 bits per heavy atom. The SMILES string of the molecule is Cc1cc(-c2ccc(B3c4ccccc4Sc4ccc5c(c43)Sc3ccccc3B5c3ccccc3)cc2)cc(C)c1B1c2ccccc2Oc2c1ccc1c2B(c2c(C)ccc(-c3ccc(B4c5ccccc5Oc5c6c(c7c(c54)Oc4ccccc4B7c4ccccc4)Oc4ccccc4B6c4ccccc4)cc3)c2C)c2ccccc2O1. The summed E-state index contributed by atoms with van der Waals surface area (Å²) in [6, 6.07) is 131. The first-order valence-corrected chi connectivity index (χ1v) is 43.4. The lowest BCUT2D eigenvalue weighted by molar-refractivity contribution is 0.453. The van der Waals surface area contributed by atoms with Crippen LogP contribution >= 0.6 is 23.5 Å². The van der Waals surface area contributed by atoms with E-state index in [4.69, 9.17) is 23.7 Å². The Kier molecular flexibility index (Phi) is 16.8. The highest BCUT2D eigenvalue weighted by Crippen LogP contribution is 2.42. The third-order valence-electron chi connectivity index (χ3n) is 26.5. The zero-order chi connectivity index (χ0) is 79.5. The van der Waals surface area contributed by atoms with E-state index in [1.165, 1.54) is 96.7 Å². The molecule has 0 N–H and O–H groups in total. The van der Waals surface area contributed by atoms with E-state index in [-0.39, 0.29) is 47.0 Å². The minimum absolute atomic E-state index is 0.0480. The first-order chi connectivity index (χ1) is 59.2. The molecule has 120 heavy (non-hydrogen) atoms. The van der Waals surface area contributed by atoms with Gasteiger partial charge in [-0.05, 0) is 148 Å². The highest BCUT2D eigenvalue weighted by atomic mass is 32.2. The van der Waals surface area contributed by atoms with E-state index < -0.39 is 0 Å². The standard InChI is InChI=1S/C106H71B7O5S2/c1-64-48-57-76(69-51-55-74(56-52-69)110-79-36-16-24-44-89(79)118-105-100-103(116-87-42-22-14-34-77(87)108(100)72-30-10-6-11-31-72)99-104(101(105)110)117-88-43-23-15-35-78(88)109(99)73-32-12-7-13-33-73)67(4)96(64)113-81-38-18-21-41-86(81)114-91-60-58-84-102(97(91)113)115-90-45-25-17-37-80(90)112(84)95-65(2)62-70(63-66(95)3)68-49-53-75(54-50-68)111-83-40-20-26-46-92(83)119-94-61-59-85-106(98(94)111)120-93-47-27-19-39-82(93)107(85)71-28-8-5-9-29-71/h5-63H,1-4H3. The molecule has 0 amide bonds. The van der Waals surface area contributed by atoms with Crippen LogP contribution in [0.2, 0.25) is 0 Å². The van der Waals surface area contributed by atoms with E-state index in [1.54, 1.807) is 0 Å². The van der Waals surface area contributed by atoms with Crippen LogP contribution in [0.5, 0.6) is 57.5 Å². The first-order valence-electron chi connectivity index (χ1n) is 41.7. The highest BCUT2D eigenvalue weighted by molar-refractivity contribution is 8.01. The minimum atomic E-state index is -0.313. The monoisotopic (exact) mass is 1560 g/mol. The molecule has 17 aromatic rings. The molecule has 14 heteroatoms. The molecule has 5 nitrogen and oxygen atoms in total. The number of rotatable bonds is 9. The molecule has 558 valence electrons. The van der Waals surface area contributed by atoms with Crippen LogP contribution in [0.1, 0.15) is 22.3 Å². The summed E-state index contributed by atoms with van der Waals surface area (Å²) in [5.41, 5.74) is 34.1. The maximum atomic E-state index is 7.52. The van der Waals surface area contributed by atoms with Gasteiger partial charge in [-0.15, -0.1) is 0 Å². The van der Waals surface area contributed by atoms with Crippen LogP contribution in [0.15, 0.2) is 377 Å². The molecule has 0 aliphatic carbocycles. The summed E-state index contributed by atoms with van der Waals surface area (Å²) < 4.78 is 37.1. The third kappa shape index (κ3) is 11.1. The molecule has 0 unspecified atom stereocenters. The molecule has 0 atom stereocenters. The second-order valence-electron chi connectivity index (χ2n) is 33.0. The van der Waals surface area contributed by atoms with Crippen LogP contribution in [-0.4, -0.2) is 47.0 Å². The summed E-state index contributed by atoms with van der Waals surface area (Å²) in [5.74, 6) is 8.07. The number of fused-ring (bicyclic) bond motifs is 19. The summed E-state index contributed by atoms with van der Waals surface area (Å²) in [7, 11) is 0. The highest BCUT2D eigenvalue weighted by Gasteiger charge is 2.51. The normalized spacial score (nSPS) is 13.7. The third-order valence-corrected chi connectivity index (χ3v) is 28.9. The van der Waals surface area contributed by atoms with Gasteiger partial charge >= 0.3 is 0 Å². The maximum absolute atomic E-state index is 7.52. The van der Waals surface area contributed by atoms with Crippen LogP contribution in [0, 0.1) is 27.7 Å². The topological polar surface area (TPSA) is 46.2 Å². The van der Waals surface area contributed by atoms with Gasteiger partial charge in [0.05, 0.1) is 0 Å². The van der Waals surface area contributed by atoms with Crippen molar-refractivity contribution in [2.45, 2.75) is 47.3 Å². The van der Waals surface area contributed by atoms with Gasteiger partial charge in [0, 0.05) is 41.4 Å². The van der Waals surface area contributed by atoms with Crippen molar-refractivity contribution in [2.24, 2.45) is 0 Å². The largest absolute Gasteiger partial charge is 0.459 e. The fourth-order valence-corrected chi connectivity index (χ4v) is 23.8. The summed E-state index contributed by atoms with van der Waals surface area (Å²) in [4.78, 5) is 5.35. The Balaban J connectivity index is 0.607. The van der Waals surface area contributed by atoms with Crippen molar-refractivity contribution in [1.82, 2.24) is 0 Å². The lowest BCUT2D eigenvalue weighted by Crippen LogP contribution is -2.65. The number of benzene rings is 17. The summed E-state index contributed by atoms with van der Waals surface area (Å²) >= 11 is 3.86. The number of aryl methyl sites for hydroxylation is 3. The molecule has 0 fully saturated rings. The van der Waals surface area contributed by atoms with Gasteiger partial charge in [-0.2, -0.15) is 0 Å². The molecule has 0 spiro atoms. The fraction of sp³-hybridized carbons (Fsp3) is 0.0377. The van der Waals surface area contributed by atoms with E-state index in [2.05, 4.69) is 386 Å². The lowest BCUT2D eigenvalue weighted by atomic mass is 9.28. The van der Waals surface area contributed by atoms with Crippen LogP contribution in [0.25, 0.3) is 22.3 Å². The molecule has 17 aromatic carbocycles. The molecule has 7 heterocycles. The van der Waals surface area contributed by atoms with Crippen molar-refractivity contribution < 1.29 is 23.7 Å². The maximum Gasteiger partial charge on any atom is 0.256 e. The number of hydrogen-bond acceptors (Lipinski definition) is 7. The number of hydrogen-bond donors (Lipinski definition) is 0. The molecular formula is C106H71B7O5S2. The predicted molar refractivity (Wildman–Crippen MR) is 508 cm³/mol. The number of para-hydroxylation sites is 5. The van der Waals surface area contributed by atoms with E-state index in [0.717, 1.165) is 140 Å². The first kappa shape index (κ1) is 71.0. The van der Waals surface area contributed by atoms with E-state index in [1.807, 2.05) is 23.5 Å². The Morgan fingerprint density at radius 2 is 0.583 bits per heavy atom. The van der Waals surface area contributed by atoms with Gasteiger partial charge in [-0.3, -0.25) is 0 Å². The fourth-order valence-electron chi connectivity index (χ4n) is 21.3. The van der Waals surface area contributed by atoms with Crippen molar-refractivity contribution >= 4 is 185 Å². The van der Waals surface area contributed by atoms with Gasteiger partial charge in [-0.1, -0.05) is 398 Å². The van der Waals surface area contributed by atoms with Gasteiger partial charge in [0.15, 0.2) is 0 Å². The average molecular weight is 1560 g/mol. The molecule has 0 saturated heterocycles. The zero-order valence-electron chi connectivity index (χ0n) is 66.5. The van der Waals surface area contributed by atoms with Crippen molar-refractivity contribution in [1.29, 1.82) is 0 Å². The van der Waals surface area contributed by atoms with Crippen LogP contribution in [0.4, 0.5) is 0 Å². The van der Waals surface area contributed by atoms with Crippen molar-refractivity contribution in [2.75, 3.05) is 0 Å². The van der Waals surface area contributed by atoms with Gasteiger partial charge in [-0.25, -0.2) is 0 Å². The Hall–Kier alpha value is -13.1. The Morgan fingerprint density at radius 1 is 0.200 bits per heavy atom. The summed E-state index contributed by atoms with van der Waals surface area (Å²) in [6.07, 6.45) is 0. The molecule has 0 saturated carbocycles. The second kappa shape index (κ2) is 28.3. The smallest absolute Gasteiger partial charge is 0.256 e. The van der Waals surface area contributed by atoms with Crippen molar-refractivity contribution in [3.8, 4) is 79.7 Å². The van der Waals surface area contributed by atoms with Gasteiger partial charge in [0.1, 0.15) is 57.5 Å². The zero-order valence-corrected chi connectivity index (χ0v) is 68.1. The van der Waals surface area contributed by atoms with E-state index in [0.29, 0.717) is 0 Å². The van der Waals surface area contributed by atoms with Gasteiger partial charge < -0.3 is 23.7 Å². The van der Waals surface area contributed by atoms with E-state index >= 15 is 0 Å². The average Bonchev–Trinajstić information content (AvgIpc) is 0.686. The van der Waals surface area contributed by atoms with Crippen LogP contribution in [0.3, 0.4) is 0 Å². The Labute approximate surface area is 710 Å². The quantitative estimate of drug-likeness (QED) is 0.133. The Bertz CT molecular complexity index is 7030. The summed E-state index contributed by atoms with van der Waals surface area (Å²) in [5, 5.41) is 0.